The summed E-state index contributed by atoms with van der Waals surface area (Å²) in [5.74, 6) is 0. The molecule has 0 spiro atoms. The molecule has 0 saturated heterocycles. The molecule has 562 valence electrons. The van der Waals surface area contributed by atoms with Crippen LogP contribution in [-0.4, -0.2) is 27.4 Å². The fourth-order valence-electron chi connectivity index (χ4n) is 18.9. The van der Waals surface area contributed by atoms with Crippen LogP contribution in [0.3, 0.4) is 0 Å². The summed E-state index contributed by atoms with van der Waals surface area (Å²) >= 11 is 0. The van der Waals surface area contributed by atoms with E-state index in [1.54, 1.807) is 0 Å². The maximum absolute atomic E-state index is 2.43. The number of hydrogen-bond donors (Lipinski definition) is 0. The zero-order valence-electron chi connectivity index (χ0n) is 65.6. The highest BCUT2D eigenvalue weighted by molar-refractivity contribution is 6.22. The van der Waals surface area contributed by atoms with Crippen molar-refractivity contribution in [1.29, 1.82) is 0 Å². The Labute approximate surface area is 693 Å². The van der Waals surface area contributed by atoms with Gasteiger partial charge in [-0.25, -0.2) is 0 Å². The quantitative estimate of drug-likeness (QED) is 0.131. The number of fused-ring (bicyclic) bond motifs is 18. The van der Waals surface area contributed by atoms with Gasteiger partial charge in [0.25, 0.3) is 0 Å². The van der Waals surface area contributed by atoms with Crippen LogP contribution in [0.5, 0.6) is 0 Å². The molecule has 0 saturated carbocycles. The Morgan fingerprint density at radius 3 is 0.500 bits per heavy atom. The van der Waals surface area contributed by atoms with E-state index in [0.717, 1.165) is 22.7 Å². The van der Waals surface area contributed by atoms with E-state index in [1.165, 1.54) is 187 Å². The van der Waals surface area contributed by atoms with Gasteiger partial charge in [-0.1, -0.05) is 315 Å². The Bertz CT molecular complexity index is 7730. The van der Waals surface area contributed by atoms with Gasteiger partial charge in [0.15, 0.2) is 0 Å². The van der Waals surface area contributed by atoms with Gasteiger partial charge in [-0.2, -0.15) is 0 Å². The molecule has 6 heteroatoms. The minimum atomic E-state index is 1.16. The molecule has 19 aromatic carbocycles. The highest BCUT2D eigenvalue weighted by Crippen LogP contribution is 2.45. The van der Waals surface area contributed by atoms with Crippen LogP contribution in [0.25, 0.3) is 209 Å². The number of rotatable bonds is 10. The van der Waals surface area contributed by atoms with Gasteiger partial charge in [0, 0.05) is 98.8 Å². The normalized spacial score (nSPS) is 11.7. The number of hydrogen-bond acceptors (Lipinski definition) is 0. The minimum absolute atomic E-state index is 1.16. The summed E-state index contributed by atoms with van der Waals surface area (Å²) in [4.78, 5) is 0. The largest absolute Gasteiger partial charge is 0.309 e. The molecule has 25 aromatic rings. The molecule has 0 fully saturated rings. The third-order valence-corrected chi connectivity index (χ3v) is 24.3. The maximum Gasteiger partial charge on any atom is 0.0548 e. The number of benzene rings is 19. The lowest BCUT2D eigenvalue weighted by molar-refractivity contribution is 1.17. The third-order valence-electron chi connectivity index (χ3n) is 24.3. The highest BCUT2D eigenvalue weighted by atomic mass is 15.0. The monoisotopic (exact) mass is 1530 g/mol. The van der Waals surface area contributed by atoms with Crippen molar-refractivity contribution in [1.82, 2.24) is 27.4 Å². The van der Waals surface area contributed by atoms with E-state index in [0.29, 0.717) is 0 Å². The summed E-state index contributed by atoms with van der Waals surface area (Å²) in [6.45, 7) is 0. The molecule has 6 aromatic heterocycles. The minimum Gasteiger partial charge on any atom is -0.309 e. The first-order valence-electron chi connectivity index (χ1n) is 41.2. The van der Waals surface area contributed by atoms with Crippen LogP contribution in [-0.2, 0) is 0 Å². The molecule has 120 heavy (non-hydrogen) atoms. The van der Waals surface area contributed by atoms with E-state index in [1.807, 2.05) is 0 Å². The first-order valence-corrected chi connectivity index (χ1v) is 41.2. The molecular formula is C114H76N6. The fraction of sp³-hybridized carbons (Fsp3) is 0. The van der Waals surface area contributed by atoms with Crippen LogP contribution in [0.1, 0.15) is 0 Å². The summed E-state index contributed by atoms with van der Waals surface area (Å²) in [5, 5.41) is 15.1. The first-order chi connectivity index (χ1) is 59.6. The molecule has 0 unspecified atom stereocenters. The van der Waals surface area contributed by atoms with Gasteiger partial charge in [0.05, 0.1) is 66.2 Å². The summed E-state index contributed by atoms with van der Waals surface area (Å²) < 4.78 is 14.5. The van der Waals surface area contributed by atoms with Crippen LogP contribution in [0.4, 0.5) is 0 Å². The maximum atomic E-state index is 2.43. The van der Waals surface area contributed by atoms with E-state index in [-0.39, 0.29) is 0 Å². The van der Waals surface area contributed by atoms with Crippen molar-refractivity contribution in [2.75, 3.05) is 0 Å². The molecular weight excluding hydrogens is 1450 g/mol. The van der Waals surface area contributed by atoms with Gasteiger partial charge >= 0.3 is 0 Å². The Balaban J connectivity index is 0.000000107. The molecule has 0 N–H and O–H groups in total. The van der Waals surface area contributed by atoms with Gasteiger partial charge in [-0.15, -0.1) is 0 Å². The van der Waals surface area contributed by atoms with Crippen LogP contribution in [0, 0.1) is 0 Å². The standard InChI is InChI=1S/2C42H28N2.C30H20N2/c1-3-13-29(14-4-1)31-17-11-19-33(25-31)43-39-23-9-7-21-35(39)37-28-42-38(27-41(37)43)36-22-8-10-24-40(36)44(42)34-20-12-18-32(26-34)30-15-5-2-6-16-30;1-3-11-29(12-4-1)31-19-23-33(24-20-31)43-39-17-9-7-15-35(39)37-28-42-38(27-41(37)43)36-16-8-10-18-40(36)44(42)34-25-21-32(22-26-34)30-13-5-2-6-14-30;1-3-11-21(12-4-1)31-27-17-9-7-15-23(27)25-20-30-26(19-29(25)31)24-16-8-10-18-28(24)32(30)22-13-5-2-6-14-22/h2*1-28H;1-20H. The van der Waals surface area contributed by atoms with Crippen molar-refractivity contribution >= 4 is 131 Å². The second-order valence-electron chi connectivity index (χ2n) is 31.1. The van der Waals surface area contributed by atoms with E-state index < -0.39 is 0 Å². The third kappa shape index (κ3) is 11.7. The van der Waals surface area contributed by atoms with Crippen molar-refractivity contribution in [3.63, 3.8) is 0 Å². The van der Waals surface area contributed by atoms with E-state index in [2.05, 4.69) is 488 Å². The molecule has 6 nitrogen and oxygen atoms in total. The van der Waals surface area contributed by atoms with Gasteiger partial charge in [-0.05, 0) is 190 Å². The van der Waals surface area contributed by atoms with E-state index >= 15 is 0 Å². The zero-order chi connectivity index (χ0) is 79.1. The van der Waals surface area contributed by atoms with Crippen molar-refractivity contribution < 1.29 is 0 Å². The lowest BCUT2D eigenvalue weighted by Crippen LogP contribution is -1.95. The summed E-state index contributed by atoms with van der Waals surface area (Å²) in [7, 11) is 0. The van der Waals surface area contributed by atoms with Gasteiger partial charge in [0.1, 0.15) is 0 Å². The zero-order valence-corrected chi connectivity index (χ0v) is 65.6. The molecule has 0 aliphatic heterocycles. The second kappa shape index (κ2) is 29.1. The average Bonchev–Trinajstić information content (AvgIpc) is 1.57. The van der Waals surface area contributed by atoms with E-state index in [4.69, 9.17) is 0 Å². The number of aromatic nitrogens is 6. The second-order valence-corrected chi connectivity index (χ2v) is 31.1. The molecule has 0 aliphatic rings. The molecule has 0 bridgehead atoms. The molecule has 25 rings (SSSR count). The Morgan fingerprint density at radius 1 is 0.0917 bits per heavy atom. The smallest absolute Gasteiger partial charge is 0.0548 e. The van der Waals surface area contributed by atoms with Gasteiger partial charge in [-0.3, -0.25) is 0 Å². The Kier molecular flexibility index (Phi) is 16.8. The van der Waals surface area contributed by atoms with Crippen LogP contribution in [0.2, 0.25) is 0 Å². The lowest BCUT2D eigenvalue weighted by atomic mass is 10.1. The molecule has 0 radical (unpaired) electrons. The molecule has 0 aliphatic carbocycles. The Morgan fingerprint density at radius 2 is 0.258 bits per heavy atom. The lowest BCUT2D eigenvalue weighted by Gasteiger charge is -2.11. The predicted molar refractivity (Wildman–Crippen MR) is 507 cm³/mol. The van der Waals surface area contributed by atoms with E-state index in [9.17, 15) is 0 Å². The number of para-hydroxylation sites is 8. The van der Waals surface area contributed by atoms with Gasteiger partial charge < -0.3 is 27.4 Å². The Hall–Kier alpha value is -16.0. The average molecular weight is 1530 g/mol. The van der Waals surface area contributed by atoms with Crippen molar-refractivity contribution in [2.45, 2.75) is 0 Å². The van der Waals surface area contributed by atoms with Crippen LogP contribution in [0.15, 0.2) is 461 Å². The highest BCUT2D eigenvalue weighted by Gasteiger charge is 2.24. The summed E-state index contributed by atoms with van der Waals surface area (Å²) in [6, 6.07) is 166. The van der Waals surface area contributed by atoms with Crippen molar-refractivity contribution in [2.24, 2.45) is 0 Å². The predicted octanol–water partition coefficient (Wildman–Crippen LogP) is 30.3. The summed E-state index contributed by atoms with van der Waals surface area (Å²) in [5.41, 5.74) is 31.4. The van der Waals surface area contributed by atoms with Crippen molar-refractivity contribution in [3.05, 3.63) is 461 Å². The van der Waals surface area contributed by atoms with Crippen LogP contribution >= 0.6 is 0 Å². The number of nitrogens with zero attached hydrogens (tertiary/aromatic N) is 6. The topological polar surface area (TPSA) is 29.6 Å². The molecule has 0 amide bonds. The summed E-state index contributed by atoms with van der Waals surface area (Å²) in [6.07, 6.45) is 0. The molecule has 6 heterocycles. The van der Waals surface area contributed by atoms with Crippen molar-refractivity contribution in [3.8, 4) is 78.6 Å². The van der Waals surface area contributed by atoms with Gasteiger partial charge in [0.2, 0.25) is 0 Å². The van der Waals surface area contributed by atoms with Crippen LogP contribution < -0.4 is 0 Å². The molecule has 0 atom stereocenters. The fourth-order valence-corrected chi connectivity index (χ4v) is 18.9. The first kappa shape index (κ1) is 69.5. The SMILES string of the molecule is c1ccc(-c2ccc(-n3c4ccccc4c4cc5c(cc43)c3ccccc3n5-c3ccc(-c4ccccc4)cc3)cc2)cc1.c1ccc(-c2cccc(-n3c4ccccc4c4cc5c(cc43)c3ccccc3n5-c3cccc(-c4ccccc4)c3)c2)cc1.c1ccc(-n2c3ccccc3c3cc4c(cc32)c2ccccc2n4-c2ccccc2)cc1.